The molecule has 0 N–H and O–H groups in total. The molecule has 0 radical (unpaired) electrons. The first kappa shape index (κ1) is 52.1. The standard InChI is InChI=1S/C49H90O5/c1-4-7-10-13-15-17-19-21-23-25-26-28-30-32-34-37-39-42-48(50)53-46-47(54-49(51)43-40-36-12-9-6-3)45-52-44-41-38-35-33-31-29-27-24-22-20-18-16-14-11-8-5-2/h7,10,15,17,21,23,47H,4-6,8-9,11-14,16,18-20,22,24-46H2,1-3H3/b10-7-,17-15-,23-21-. The molecule has 0 bridgehead atoms. The van der Waals surface area contributed by atoms with Crippen LogP contribution in [-0.2, 0) is 23.8 Å². The van der Waals surface area contributed by atoms with Crippen molar-refractivity contribution in [3.05, 3.63) is 36.5 Å². The Hall–Kier alpha value is -1.88. The first-order chi connectivity index (χ1) is 26.6. The van der Waals surface area contributed by atoms with E-state index >= 15 is 0 Å². The van der Waals surface area contributed by atoms with E-state index in [1.807, 2.05) is 0 Å². The van der Waals surface area contributed by atoms with Crippen molar-refractivity contribution in [2.45, 2.75) is 245 Å². The van der Waals surface area contributed by atoms with Gasteiger partial charge < -0.3 is 14.2 Å². The van der Waals surface area contributed by atoms with Gasteiger partial charge >= 0.3 is 11.9 Å². The lowest BCUT2D eigenvalue weighted by Crippen LogP contribution is -2.30. The van der Waals surface area contributed by atoms with E-state index in [-0.39, 0.29) is 25.2 Å². The van der Waals surface area contributed by atoms with Gasteiger partial charge in [0.1, 0.15) is 6.61 Å². The molecule has 0 aromatic carbocycles. The normalized spacial score (nSPS) is 12.4. The van der Waals surface area contributed by atoms with Crippen LogP contribution in [0.25, 0.3) is 0 Å². The Labute approximate surface area is 336 Å². The first-order valence-electron chi connectivity index (χ1n) is 23.5. The zero-order valence-corrected chi connectivity index (χ0v) is 36.2. The van der Waals surface area contributed by atoms with Crippen molar-refractivity contribution in [3.8, 4) is 0 Å². The molecule has 54 heavy (non-hydrogen) atoms. The molecule has 1 atom stereocenters. The number of hydrogen-bond acceptors (Lipinski definition) is 5. The van der Waals surface area contributed by atoms with Crippen LogP contribution in [0.1, 0.15) is 239 Å². The second-order valence-corrected chi connectivity index (χ2v) is 15.6. The maximum absolute atomic E-state index is 12.5. The summed E-state index contributed by atoms with van der Waals surface area (Å²) in [6.07, 6.45) is 53.2. The van der Waals surface area contributed by atoms with Crippen molar-refractivity contribution >= 4 is 11.9 Å². The molecule has 0 aromatic heterocycles. The second-order valence-electron chi connectivity index (χ2n) is 15.6. The van der Waals surface area contributed by atoms with Crippen molar-refractivity contribution in [1.29, 1.82) is 0 Å². The molecule has 0 aliphatic carbocycles. The highest BCUT2D eigenvalue weighted by Crippen LogP contribution is 2.15. The Morgan fingerprint density at radius 1 is 0.426 bits per heavy atom. The van der Waals surface area contributed by atoms with Gasteiger partial charge in [0.25, 0.3) is 0 Å². The molecule has 5 nitrogen and oxygen atoms in total. The minimum absolute atomic E-state index is 0.0837. The van der Waals surface area contributed by atoms with E-state index in [0.29, 0.717) is 19.4 Å². The molecule has 0 saturated carbocycles. The first-order valence-corrected chi connectivity index (χ1v) is 23.5. The minimum atomic E-state index is -0.530. The fraction of sp³-hybridized carbons (Fsp3) is 0.837. The maximum Gasteiger partial charge on any atom is 0.306 e. The Morgan fingerprint density at radius 2 is 0.833 bits per heavy atom. The van der Waals surface area contributed by atoms with Crippen LogP contribution in [0, 0.1) is 0 Å². The van der Waals surface area contributed by atoms with Gasteiger partial charge in [-0.3, -0.25) is 9.59 Å². The minimum Gasteiger partial charge on any atom is -0.462 e. The number of allylic oxidation sites excluding steroid dienone is 6. The zero-order valence-electron chi connectivity index (χ0n) is 36.2. The lowest BCUT2D eigenvalue weighted by Gasteiger charge is -2.18. The van der Waals surface area contributed by atoms with Crippen LogP contribution in [0.4, 0.5) is 0 Å². The van der Waals surface area contributed by atoms with Gasteiger partial charge in [0.2, 0.25) is 0 Å². The van der Waals surface area contributed by atoms with Gasteiger partial charge in [-0.2, -0.15) is 0 Å². The molecule has 0 saturated heterocycles. The summed E-state index contributed by atoms with van der Waals surface area (Å²) in [5.41, 5.74) is 0. The number of carbonyl (C=O) groups excluding carboxylic acids is 2. The fourth-order valence-corrected chi connectivity index (χ4v) is 6.70. The molecule has 0 aliphatic heterocycles. The van der Waals surface area contributed by atoms with Crippen LogP contribution in [0.2, 0.25) is 0 Å². The average molecular weight is 759 g/mol. The van der Waals surface area contributed by atoms with E-state index in [2.05, 4.69) is 57.2 Å². The van der Waals surface area contributed by atoms with Gasteiger partial charge in [-0.05, 0) is 51.4 Å². The maximum atomic E-state index is 12.5. The third kappa shape index (κ3) is 42.9. The molecule has 0 amide bonds. The Bertz CT molecular complexity index is 862. The van der Waals surface area contributed by atoms with Crippen LogP contribution >= 0.6 is 0 Å². The van der Waals surface area contributed by atoms with E-state index in [1.165, 1.54) is 135 Å². The van der Waals surface area contributed by atoms with Crippen LogP contribution in [0.3, 0.4) is 0 Å². The van der Waals surface area contributed by atoms with E-state index in [1.54, 1.807) is 0 Å². The Balaban J connectivity index is 4.03. The van der Waals surface area contributed by atoms with Crippen LogP contribution in [-0.4, -0.2) is 37.9 Å². The predicted octanol–water partition coefficient (Wildman–Crippen LogP) is 15.4. The van der Waals surface area contributed by atoms with Crippen LogP contribution in [0.15, 0.2) is 36.5 Å². The van der Waals surface area contributed by atoms with E-state index in [0.717, 1.165) is 70.6 Å². The quantitative estimate of drug-likeness (QED) is 0.0352. The average Bonchev–Trinajstić information content (AvgIpc) is 3.17. The van der Waals surface area contributed by atoms with E-state index in [4.69, 9.17) is 14.2 Å². The molecular weight excluding hydrogens is 669 g/mol. The number of ether oxygens (including phenoxy) is 3. The molecule has 0 aromatic rings. The molecule has 316 valence electrons. The summed E-state index contributed by atoms with van der Waals surface area (Å²) in [7, 11) is 0. The Kier molecular flexibility index (Phi) is 43.9. The van der Waals surface area contributed by atoms with Gasteiger partial charge in [-0.15, -0.1) is 0 Å². The molecule has 0 fully saturated rings. The zero-order chi connectivity index (χ0) is 39.3. The Morgan fingerprint density at radius 3 is 1.33 bits per heavy atom. The highest BCUT2D eigenvalue weighted by Gasteiger charge is 2.17. The summed E-state index contributed by atoms with van der Waals surface area (Å²) >= 11 is 0. The van der Waals surface area contributed by atoms with Crippen molar-refractivity contribution in [1.82, 2.24) is 0 Å². The fourth-order valence-electron chi connectivity index (χ4n) is 6.70. The molecule has 0 spiro atoms. The highest BCUT2D eigenvalue weighted by atomic mass is 16.6. The lowest BCUT2D eigenvalue weighted by molar-refractivity contribution is -0.163. The summed E-state index contributed by atoms with van der Waals surface area (Å²) in [5.74, 6) is -0.412. The third-order valence-corrected chi connectivity index (χ3v) is 10.2. The number of unbranched alkanes of at least 4 members (excludes halogenated alkanes) is 26. The third-order valence-electron chi connectivity index (χ3n) is 10.2. The summed E-state index contributed by atoms with van der Waals surface area (Å²) in [4.78, 5) is 25.0. The van der Waals surface area contributed by atoms with Crippen molar-refractivity contribution < 1.29 is 23.8 Å². The topological polar surface area (TPSA) is 61.8 Å². The number of hydrogen-bond donors (Lipinski definition) is 0. The molecule has 0 rings (SSSR count). The van der Waals surface area contributed by atoms with E-state index in [9.17, 15) is 9.59 Å². The SMILES string of the molecule is CC/C=C\C/C=C\C/C=C\CCCCCCCCCC(=O)OCC(COCCCCCCCCCCCCCCCCCC)OC(=O)CCCCCCC. The monoisotopic (exact) mass is 759 g/mol. The van der Waals surface area contributed by atoms with Crippen molar-refractivity contribution in [2.75, 3.05) is 19.8 Å². The summed E-state index contributed by atoms with van der Waals surface area (Å²) in [5, 5.41) is 0. The van der Waals surface area contributed by atoms with Gasteiger partial charge in [0, 0.05) is 19.4 Å². The van der Waals surface area contributed by atoms with Gasteiger partial charge in [0.05, 0.1) is 6.61 Å². The van der Waals surface area contributed by atoms with Crippen LogP contribution in [0.5, 0.6) is 0 Å². The van der Waals surface area contributed by atoms with Gasteiger partial charge in [-0.25, -0.2) is 0 Å². The highest BCUT2D eigenvalue weighted by molar-refractivity contribution is 5.70. The molecule has 5 heteroatoms. The molecular formula is C49H90O5. The van der Waals surface area contributed by atoms with E-state index < -0.39 is 6.10 Å². The largest absolute Gasteiger partial charge is 0.462 e. The second kappa shape index (κ2) is 45.5. The lowest BCUT2D eigenvalue weighted by atomic mass is 10.0. The number of esters is 2. The predicted molar refractivity (Wildman–Crippen MR) is 233 cm³/mol. The smallest absolute Gasteiger partial charge is 0.306 e. The summed E-state index contributed by atoms with van der Waals surface area (Å²) in [6, 6.07) is 0. The van der Waals surface area contributed by atoms with Gasteiger partial charge in [0.15, 0.2) is 6.10 Å². The number of carbonyl (C=O) groups is 2. The molecule has 0 heterocycles. The molecule has 0 aliphatic rings. The molecule has 1 unspecified atom stereocenters. The van der Waals surface area contributed by atoms with Crippen molar-refractivity contribution in [2.24, 2.45) is 0 Å². The summed E-state index contributed by atoms with van der Waals surface area (Å²) in [6.45, 7) is 7.67. The number of rotatable bonds is 43. The van der Waals surface area contributed by atoms with Gasteiger partial charge in [-0.1, -0.05) is 211 Å². The summed E-state index contributed by atoms with van der Waals surface area (Å²) < 4.78 is 17.2. The van der Waals surface area contributed by atoms with Crippen LogP contribution < -0.4 is 0 Å². The van der Waals surface area contributed by atoms with Crippen molar-refractivity contribution in [3.63, 3.8) is 0 Å².